The van der Waals surface area contributed by atoms with E-state index in [9.17, 15) is 0 Å². The number of nitrogens with zero attached hydrogens (tertiary/aromatic N) is 3. The molecule has 0 saturated carbocycles. The summed E-state index contributed by atoms with van der Waals surface area (Å²) in [6, 6.07) is 9.92. The number of nitrogens with one attached hydrogen (secondary N) is 2. The van der Waals surface area contributed by atoms with Crippen LogP contribution in [-0.2, 0) is 13.1 Å². The lowest BCUT2D eigenvalue weighted by Crippen LogP contribution is -2.39. The summed E-state index contributed by atoms with van der Waals surface area (Å²) >= 11 is 6.01. The second-order valence-electron chi connectivity index (χ2n) is 6.15. The van der Waals surface area contributed by atoms with Gasteiger partial charge in [0.05, 0.1) is 5.69 Å². The first-order valence-corrected chi connectivity index (χ1v) is 8.55. The monoisotopic (exact) mass is 347 g/mol. The van der Waals surface area contributed by atoms with Gasteiger partial charge in [-0.15, -0.1) is 0 Å². The zero-order valence-electron chi connectivity index (χ0n) is 14.8. The molecular weight excluding hydrogens is 322 g/mol. The minimum absolute atomic E-state index is 0.438. The number of halogens is 1. The lowest BCUT2D eigenvalue weighted by Gasteiger charge is -2.17. The van der Waals surface area contributed by atoms with Crippen LogP contribution in [-0.4, -0.2) is 29.3 Å². The maximum Gasteiger partial charge on any atom is 0.191 e. The van der Waals surface area contributed by atoms with Gasteiger partial charge in [-0.1, -0.05) is 30.7 Å². The molecule has 0 aliphatic heterocycles. The molecule has 1 heterocycles. The molecule has 6 heteroatoms. The van der Waals surface area contributed by atoms with Crippen LogP contribution < -0.4 is 10.6 Å². The number of hydrogen-bond acceptors (Lipinski definition) is 2. The van der Waals surface area contributed by atoms with Crippen molar-refractivity contribution in [2.24, 2.45) is 10.9 Å². The van der Waals surface area contributed by atoms with Crippen LogP contribution >= 0.6 is 11.6 Å². The molecule has 0 aliphatic rings. The van der Waals surface area contributed by atoms with Crippen LogP contribution in [0.1, 0.15) is 23.9 Å². The third-order valence-corrected chi connectivity index (χ3v) is 4.01. The van der Waals surface area contributed by atoms with Crippen molar-refractivity contribution < 1.29 is 0 Å². The van der Waals surface area contributed by atoms with Gasteiger partial charge in [0.15, 0.2) is 5.96 Å². The summed E-state index contributed by atoms with van der Waals surface area (Å²) in [6.07, 6.45) is 0. The summed E-state index contributed by atoms with van der Waals surface area (Å²) in [7, 11) is 1.78. The normalized spacial score (nSPS) is 13.0. The molecule has 2 N–H and O–H groups in total. The van der Waals surface area contributed by atoms with Gasteiger partial charge in [-0.25, -0.2) is 0 Å². The van der Waals surface area contributed by atoms with E-state index < -0.39 is 0 Å². The third kappa shape index (κ3) is 5.57. The lowest BCUT2D eigenvalue weighted by molar-refractivity contribution is 0.436. The van der Waals surface area contributed by atoms with Gasteiger partial charge < -0.3 is 10.6 Å². The van der Waals surface area contributed by atoms with E-state index in [1.165, 1.54) is 5.69 Å². The zero-order chi connectivity index (χ0) is 17.5. The average Bonchev–Trinajstić information content (AvgIpc) is 2.85. The summed E-state index contributed by atoms with van der Waals surface area (Å²) in [5.41, 5.74) is 3.38. The van der Waals surface area contributed by atoms with E-state index in [1.807, 2.05) is 31.2 Å². The maximum absolute atomic E-state index is 6.01. The van der Waals surface area contributed by atoms with E-state index >= 15 is 0 Å². The van der Waals surface area contributed by atoms with Crippen molar-refractivity contribution in [1.29, 1.82) is 0 Å². The van der Waals surface area contributed by atoms with E-state index in [-0.39, 0.29) is 0 Å². The molecule has 1 aromatic carbocycles. The van der Waals surface area contributed by atoms with Gasteiger partial charge in [-0.2, -0.15) is 5.10 Å². The van der Waals surface area contributed by atoms with E-state index in [2.05, 4.69) is 45.3 Å². The van der Waals surface area contributed by atoms with E-state index in [1.54, 1.807) is 7.05 Å². The number of aromatic nitrogens is 2. The van der Waals surface area contributed by atoms with Crippen molar-refractivity contribution in [3.05, 3.63) is 52.3 Å². The highest BCUT2D eigenvalue weighted by Crippen LogP contribution is 2.10. The Bertz CT molecular complexity index is 692. The first-order valence-electron chi connectivity index (χ1n) is 8.18. The predicted molar refractivity (Wildman–Crippen MR) is 101 cm³/mol. The van der Waals surface area contributed by atoms with Crippen LogP contribution in [0.4, 0.5) is 0 Å². The van der Waals surface area contributed by atoms with Gasteiger partial charge in [0.25, 0.3) is 0 Å². The van der Waals surface area contributed by atoms with Crippen LogP contribution in [0.25, 0.3) is 0 Å². The fourth-order valence-electron chi connectivity index (χ4n) is 2.54. The third-order valence-electron chi connectivity index (χ3n) is 3.78. The smallest absolute Gasteiger partial charge is 0.191 e. The summed E-state index contributed by atoms with van der Waals surface area (Å²) < 4.78 is 2.06. The summed E-state index contributed by atoms with van der Waals surface area (Å²) in [5, 5.41) is 11.9. The number of aryl methyl sites for hydroxylation is 2. The molecule has 0 aliphatic carbocycles. The first-order chi connectivity index (χ1) is 11.5. The molecule has 0 spiro atoms. The van der Waals surface area contributed by atoms with Crippen molar-refractivity contribution in [2.45, 2.75) is 33.9 Å². The molecule has 130 valence electrons. The zero-order valence-corrected chi connectivity index (χ0v) is 15.6. The van der Waals surface area contributed by atoms with Gasteiger partial charge in [-0.3, -0.25) is 9.67 Å². The van der Waals surface area contributed by atoms with Gasteiger partial charge in [0, 0.05) is 37.4 Å². The predicted octanol–water partition coefficient (Wildman–Crippen LogP) is 3.15. The fraction of sp³-hybridized carbons (Fsp3) is 0.444. The van der Waals surface area contributed by atoms with Crippen molar-refractivity contribution in [3.8, 4) is 0 Å². The van der Waals surface area contributed by atoms with Crippen LogP contribution in [0.15, 0.2) is 35.3 Å². The largest absolute Gasteiger partial charge is 0.356 e. The standard InChI is InChI=1S/C18H26ClN5/c1-13(12-24-15(3)8-14(2)23-24)10-21-18(20-4)22-11-16-6-5-7-17(19)9-16/h5-9,13H,10-12H2,1-4H3,(H2,20,21,22). The Kier molecular flexibility index (Phi) is 6.67. The van der Waals surface area contributed by atoms with Gasteiger partial charge in [0.1, 0.15) is 0 Å². The van der Waals surface area contributed by atoms with Crippen molar-refractivity contribution in [2.75, 3.05) is 13.6 Å². The Balaban J connectivity index is 1.79. The SMILES string of the molecule is CN=C(NCc1cccc(Cl)c1)NCC(C)Cn1nc(C)cc1C. The van der Waals surface area contributed by atoms with Crippen LogP contribution in [0.5, 0.6) is 0 Å². The van der Waals surface area contributed by atoms with E-state index in [4.69, 9.17) is 11.6 Å². The van der Waals surface area contributed by atoms with Crippen molar-refractivity contribution in [3.63, 3.8) is 0 Å². The van der Waals surface area contributed by atoms with Crippen molar-refractivity contribution in [1.82, 2.24) is 20.4 Å². The van der Waals surface area contributed by atoms with Crippen LogP contribution in [0.3, 0.4) is 0 Å². The molecule has 24 heavy (non-hydrogen) atoms. The lowest BCUT2D eigenvalue weighted by atomic mass is 10.2. The highest BCUT2D eigenvalue weighted by atomic mass is 35.5. The molecule has 0 fully saturated rings. The minimum Gasteiger partial charge on any atom is -0.356 e. The Labute approximate surface area is 149 Å². The number of guanidine groups is 1. The molecule has 5 nitrogen and oxygen atoms in total. The topological polar surface area (TPSA) is 54.2 Å². The highest BCUT2D eigenvalue weighted by Gasteiger charge is 2.08. The highest BCUT2D eigenvalue weighted by molar-refractivity contribution is 6.30. The molecule has 2 rings (SSSR count). The molecule has 1 unspecified atom stereocenters. The molecule has 0 saturated heterocycles. The van der Waals surface area contributed by atoms with Crippen LogP contribution in [0, 0.1) is 19.8 Å². The fourth-order valence-corrected chi connectivity index (χ4v) is 2.76. The van der Waals surface area contributed by atoms with Gasteiger partial charge in [0.2, 0.25) is 0 Å². The Morgan fingerprint density at radius 2 is 2.08 bits per heavy atom. The number of aliphatic imine (C=N–C) groups is 1. The van der Waals surface area contributed by atoms with Gasteiger partial charge in [-0.05, 0) is 43.5 Å². The Morgan fingerprint density at radius 3 is 2.71 bits per heavy atom. The maximum atomic E-state index is 6.01. The molecule has 0 amide bonds. The molecular formula is C18H26ClN5. The van der Waals surface area contributed by atoms with E-state index in [0.29, 0.717) is 12.5 Å². The molecule has 1 aromatic heterocycles. The first kappa shape index (κ1) is 18.3. The number of benzene rings is 1. The minimum atomic E-state index is 0.438. The van der Waals surface area contributed by atoms with E-state index in [0.717, 1.165) is 35.3 Å². The van der Waals surface area contributed by atoms with Crippen LogP contribution in [0.2, 0.25) is 5.02 Å². The number of rotatable bonds is 6. The summed E-state index contributed by atoms with van der Waals surface area (Å²) in [6.45, 7) is 8.71. The van der Waals surface area contributed by atoms with Gasteiger partial charge >= 0.3 is 0 Å². The second kappa shape index (κ2) is 8.73. The Hall–Kier alpha value is -2.01. The average molecular weight is 348 g/mol. The quantitative estimate of drug-likeness (QED) is 0.623. The summed E-state index contributed by atoms with van der Waals surface area (Å²) in [4.78, 5) is 4.27. The molecule has 1 atom stereocenters. The number of hydrogen-bond donors (Lipinski definition) is 2. The molecule has 0 bridgehead atoms. The summed E-state index contributed by atoms with van der Waals surface area (Å²) in [5.74, 6) is 1.22. The molecule has 0 radical (unpaired) electrons. The molecule has 2 aromatic rings. The second-order valence-corrected chi connectivity index (χ2v) is 6.59. The van der Waals surface area contributed by atoms with Crippen molar-refractivity contribution >= 4 is 17.6 Å². The Morgan fingerprint density at radius 1 is 1.29 bits per heavy atom.